The highest BCUT2D eigenvalue weighted by Crippen LogP contribution is 2.23. The van der Waals surface area contributed by atoms with Gasteiger partial charge in [-0.3, -0.25) is 14.3 Å². The number of unbranched alkanes of at least 4 members (excludes halogenated alkanes) is 5. The number of imidazole rings is 1. The zero-order chi connectivity index (χ0) is 18.2. The van der Waals surface area contributed by atoms with Crippen LogP contribution in [0.25, 0.3) is 11.2 Å². The highest BCUT2D eigenvalue weighted by atomic mass is 32.2. The molecule has 0 radical (unpaired) electrons. The van der Waals surface area contributed by atoms with Crippen molar-refractivity contribution >= 4 is 22.9 Å². The minimum Gasteiger partial charge on any atom is -0.309 e. The fourth-order valence-electron chi connectivity index (χ4n) is 2.75. The lowest BCUT2D eigenvalue weighted by molar-refractivity contribution is 0.626. The van der Waals surface area contributed by atoms with Crippen molar-refractivity contribution in [3.05, 3.63) is 33.0 Å². The van der Waals surface area contributed by atoms with E-state index in [1.165, 1.54) is 36.7 Å². The molecule has 0 aliphatic heterocycles. The second-order valence-corrected chi connectivity index (χ2v) is 7.24. The molecule has 2 rings (SSSR count). The number of hydrogen-bond donors (Lipinski definition) is 1. The number of fused-ring (bicyclic) bond motifs is 1. The smallest absolute Gasteiger partial charge is 0.309 e. The van der Waals surface area contributed by atoms with Gasteiger partial charge in [0.1, 0.15) is 0 Å². The van der Waals surface area contributed by atoms with Crippen LogP contribution < -0.4 is 11.2 Å². The van der Waals surface area contributed by atoms with Crippen molar-refractivity contribution in [1.29, 1.82) is 0 Å². The Morgan fingerprint density at radius 1 is 1.16 bits per heavy atom. The van der Waals surface area contributed by atoms with Gasteiger partial charge in [0.15, 0.2) is 16.3 Å². The number of allylic oxidation sites excluding steroid dienone is 2. The number of thioether (sulfide) groups is 1. The van der Waals surface area contributed by atoms with Crippen molar-refractivity contribution in [3.8, 4) is 0 Å². The predicted octanol–water partition coefficient (Wildman–Crippen LogP) is 3.45. The monoisotopic (exact) mass is 364 g/mol. The van der Waals surface area contributed by atoms with Crippen LogP contribution in [-0.4, -0.2) is 24.9 Å². The van der Waals surface area contributed by atoms with Crippen LogP contribution in [0.4, 0.5) is 0 Å². The average molecular weight is 365 g/mol. The quantitative estimate of drug-likeness (QED) is 0.398. The van der Waals surface area contributed by atoms with Crippen LogP contribution in [0.3, 0.4) is 0 Å². The molecule has 2 aromatic rings. The first-order valence-electron chi connectivity index (χ1n) is 9.03. The predicted molar refractivity (Wildman–Crippen MR) is 105 cm³/mol. The Morgan fingerprint density at radius 3 is 2.60 bits per heavy atom. The summed E-state index contributed by atoms with van der Waals surface area (Å²) < 4.78 is 3.30. The molecular formula is C18H28N4O2S. The lowest BCUT2D eigenvalue weighted by Gasteiger charge is -2.05. The van der Waals surface area contributed by atoms with Gasteiger partial charge in [0, 0.05) is 19.3 Å². The van der Waals surface area contributed by atoms with Crippen LogP contribution in [0.1, 0.15) is 52.4 Å². The van der Waals surface area contributed by atoms with Gasteiger partial charge < -0.3 is 4.57 Å². The van der Waals surface area contributed by atoms with Gasteiger partial charge in [-0.25, -0.2) is 9.78 Å². The summed E-state index contributed by atoms with van der Waals surface area (Å²) in [6.45, 7) is 4.75. The van der Waals surface area contributed by atoms with Gasteiger partial charge in [-0.05, 0) is 13.3 Å². The third kappa shape index (κ3) is 4.87. The molecule has 0 saturated heterocycles. The second kappa shape index (κ2) is 9.65. The molecule has 2 aromatic heterocycles. The van der Waals surface area contributed by atoms with Gasteiger partial charge in [-0.15, -0.1) is 0 Å². The Kier molecular flexibility index (Phi) is 7.55. The molecule has 138 valence electrons. The maximum Gasteiger partial charge on any atom is 0.329 e. The fraction of sp³-hybridized carbons (Fsp3) is 0.611. The van der Waals surface area contributed by atoms with Crippen molar-refractivity contribution in [1.82, 2.24) is 19.1 Å². The number of H-pyrrole nitrogens is 1. The van der Waals surface area contributed by atoms with E-state index < -0.39 is 5.69 Å². The summed E-state index contributed by atoms with van der Waals surface area (Å²) in [6, 6.07) is 0. The highest BCUT2D eigenvalue weighted by Gasteiger charge is 2.16. The summed E-state index contributed by atoms with van der Waals surface area (Å²) in [6.07, 6.45) is 11.4. The first-order chi connectivity index (χ1) is 12.1. The van der Waals surface area contributed by atoms with E-state index in [2.05, 4.69) is 16.9 Å². The van der Waals surface area contributed by atoms with E-state index in [-0.39, 0.29) is 5.56 Å². The van der Waals surface area contributed by atoms with Crippen LogP contribution in [0, 0.1) is 0 Å². The minimum absolute atomic E-state index is 0.374. The molecule has 0 aliphatic carbocycles. The lowest BCUT2D eigenvalue weighted by Crippen LogP contribution is -2.29. The Labute approximate surface area is 152 Å². The minimum atomic E-state index is -0.430. The third-order valence-corrected chi connectivity index (χ3v) is 5.29. The zero-order valence-corrected chi connectivity index (χ0v) is 16.2. The standard InChI is InChI=1S/C18H28N4O2S/c1-4-6-8-9-10-11-13-25-18-19-15-14(22(18)12-7-5-2)16(23)20-17(24)21(15)3/h5,7H,4,6,8-13H2,1-3H3,(H,20,23,24)/b7-5+. The van der Waals surface area contributed by atoms with E-state index in [1.54, 1.807) is 18.8 Å². The number of rotatable bonds is 10. The third-order valence-electron chi connectivity index (χ3n) is 4.22. The number of nitrogens with zero attached hydrogens (tertiary/aromatic N) is 3. The van der Waals surface area contributed by atoms with Crippen molar-refractivity contribution in [2.24, 2.45) is 7.05 Å². The van der Waals surface area contributed by atoms with Crippen LogP contribution >= 0.6 is 11.8 Å². The molecular weight excluding hydrogens is 336 g/mol. The normalized spacial score (nSPS) is 11.8. The summed E-state index contributed by atoms with van der Waals surface area (Å²) in [5.41, 5.74) is 0.108. The van der Waals surface area contributed by atoms with Crippen LogP contribution in [-0.2, 0) is 13.6 Å². The van der Waals surface area contributed by atoms with Gasteiger partial charge >= 0.3 is 5.69 Å². The number of aromatic amines is 1. The van der Waals surface area contributed by atoms with Gasteiger partial charge in [-0.2, -0.15) is 0 Å². The summed E-state index contributed by atoms with van der Waals surface area (Å²) in [5, 5.41) is 0.799. The summed E-state index contributed by atoms with van der Waals surface area (Å²) >= 11 is 1.66. The van der Waals surface area contributed by atoms with Crippen LogP contribution in [0.15, 0.2) is 26.9 Å². The molecule has 0 aromatic carbocycles. The van der Waals surface area contributed by atoms with Gasteiger partial charge in [0.05, 0.1) is 0 Å². The van der Waals surface area contributed by atoms with E-state index in [0.29, 0.717) is 17.7 Å². The molecule has 2 heterocycles. The Balaban J connectivity index is 2.18. The molecule has 6 nitrogen and oxygen atoms in total. The van der Waals surface area contributed by atoms with Gasteiger partial charge in [0.25, 0.3) is 5.56 Å². The molecule has 0 aliphatic rings. The Morgan fingerprint density at radius 2 is 1.88 bits per heavy atom. The molecule has 0 saturated carbocycles. The van der Waals surface area contributed by atoms with E-state index in [1.807, 2.05) is 23.6 Å². The zero-order valence-electron chi connectivity index (χ0n) is 15.4. The highest BCUT2D eigenvalue weighted by molar-refractivity contribution is 7.99. The summed E-state index contributed by atoms with van der Waals surface area (Å²) in [4.78, 5) is 31.0. The molecule has 7 heteroatoms. The molecule has 25 heavy (non-hydrogen) atoms. The van der Waals surface area contributed by atoms with Gasteiger partial charge in [-0.1, -0.05) is 62.9 Å². The topological polar surface area (TPSA) is 72.7 Å². The molecule has 0 bridgehead atoms. The molecule has 0 amide bonds. The van der Waals surface area contributed by atoms with Crippen molar-refractivity contribution in [3.63, 3.8) is 0 Å². The van der Waals surface area contributed by atoms with Crippen molar-refractivity contribution < 1.29 is 0 Å². The Hall–Kier alpha value is -1.76. The number of hydrogen-bond acceptors (Lipinski definition) is 4. The molecule has 1 N–H and O–H groups in total. The number of aryl methyl sites for hydroxylation is 1. The van der Waals surface area contributed by atoms with E-state index in [9.17, 15) is 9.59 Å². The SMILES string of the molecule is C/C=C/Cn1c(SCCCCCCCC)nc2c1c(=O)[nH]c(=O)n2C. The fourth-order valence-corrected chi connectivity index (χ4v) is 3.75. The Bertz CT molecular complexity index is 832. The van der Waals surface area contributed by atoms with E-state index in [4.69, 9.17) is 0 Å². The van der Waals surface area contributed by atoms with Crippen LogP contribution in [0.5, 0.6) is 0 Å². The molecule has 0 atom stereocenters. The average Bonchev–Trinajstić information content (AvgIpc) is 2.96. The molecule has 0 spiro atoms. The first kappa shape index (κ1) is 19.6. The maximum absolute atomic E-state index is 12.3. The van der Waals surface area contributed by atoms with Crippen molar-refractivity contribution in [2.45, 2.75) is 64.1 Å². The number of aromatic nitrogens is 4. The maximum atomic E-state index is 12.3. The largest absolute Gasteiger partial charge is 0.329 e. The first-order valence-corrected chi connectivity index (χ1v) is 10.0. The second-order valence-electron chi connectivity index (χ2n) is 6.18. The van der Waals surface area contributed by atoms with E-state index >= 15 is 0 Å². The van der Waals surface area contributed by atoms with Crippen molar-refractivity contribution in [2.75, 3.05) is 5.75 Å². The lowest BCUT2D eigenvalue weighted by atomic mass is 10.1. The molecule has 0 unspecified atom stereocenters. The number of nitrogens with one attached hydrogen (secondary N) is 1. The van der Waals surface area contributed by atoms with E-state index in [0.717, 1.165) is 17.3 Å². The van der Waals surface area contributed by atoms with Gasteiger partial charge in [0.2, 0.25) is 0 Å². The van der Waals surface area contributed by atoms with Crippen LogP contribution in [0.2, 0.25) is 0 Å². The summed E-state index contributed by atoms with van der Waals surface area (Å²) in [7, 11) is 1.63. The summed E-state index contributed by atoms with van der Waals surface area (Å²) in [5.74, 6) is 0.969. The molecule has 0 fully saturated rings.